The van der Waals surface area contributed by atoms with E-state index in [1.54, 1.807) is 11.7 Å². The van der Waals surface area contributed by atoms with Crippen LogP contribution >= 0.6 is 0 Å². The molecule has 186 valence electrons. The van der Waals surface area contributed by atoms with Crippen molar-refractivity contribution in [1.82, 2.24) is 4.57 Å². The van der Waals surface area contributed by atoms with Crippen LogP contribution in [0.4, 0.5) is 4.79 Å². The van der Waals surface area contributed by atoms with Crippen LogP contribution < -0.4 is 4.74 Å². The minimum atomic E-state index is -0.610. The molecular weight excluding hydrogens is 434 g/mol. The quantitative estimate of drug-likeness (QED) is 0.574. The molecule has 0 radical (unpaired) electrons. The summed E-state index contributed by atoms with van der Waals surface area (Å²) in [7, 11) is 1.62. The van der Waals surface area contributed by atoms with Gasteiger partial charge in [0.15, 0.2) is 0 Å². The van der Waals surface area contributed by atoms with Gasteiger partial charge in [0.25, 0.3) is 0 Å². The lowest BCUT2D eigenvalue weighted by Crippen LogP contribution is -2.39. The molecule has 1 aliphatic rings. The largest absolute Gasteiger partial charge is 0.497 e. The van der Waals surface area contributed by atoms with Gasteiger partial charge in [0, 0.05) is 18.0 Å². The molecule has 2 aromatic rings. The van der Waals surface area contributed by atoms with Crippen molar-refractivity contribution in [2.24, 2.45) is 15.9 Å². The molecule has 0 saturated heterocycles. The Kier molecular flexibility index (Phi) is 7.89. The van der Waals surface area contributed by atoms with E-state index >= 15 is 0 Å². The molecule has 34 heavy (non-hydrogen) atoms. The number of aromatic nitrogens is 1. The zero-order valence-corrected chi connectivity index (χ0v) is 21.5. The highest BCUT2D eigenvalue weighted by atomic mass is 16.6. The van der Waals surface area contributed by atoms with E-state index in [1.807, 2.05) is 59.0 Å². The average molecular weight is 472 g/mol. The molecule has 0 bridgehead atoms. The molecule has 0 unspecified atom stereocenters. The molecule has 8 nitrogen and oxygen atoms in total. The molecule has 2 heterocycles. The Bertz CT molecular complexity index is 1080. The summed E-state index contributed by atoms with van der Waals surface area (Å²) in [6, 6.07) is 5.08. The van der Waals surface area contributed by atoms with Crippen LogP contribution in [0.2, 0.25) is 0 Å². The molecule has 0 spiro atoms. The summed E-state index contributed by atoms with van der Waals surface area (Å²) in [6.45, 7) is 14.6. The Balaban J connectivity index is 2.06. The van der Waals surface area contributed by atoms with Gasteiger partial charge >= 0.3 is 6.09 Å². The maximum Gasteiger partial charge on any atom is 0.419 e. The number of aliphatic imine (C=N–C) groups is 2. The second kappa shape index (κ2) is 10.5. The van der Waals surface area contributed by atoms with Crippen LogP contribution in [0, 0.1) is 5.92 Å². The maximum absolute atomic E-state index is 13.0. The number of carbonyl (C=O) groups excluding carboxylic acids is 1. The molecule has 3 rings (SSSR count). The highest BCUT2D eigenvalue weighted by Gasteiger charge is 2.32. The minimum Gasteiger partial charge on any atom is -0.497 e. The average Bonchev–Trinajstić information content (AvgIpc) is 3.12. The first-order valence-corrected chi connectivity index (χ1v) is 11.9. The third-order valence-electron chi connectivity index (χ3n) is 5.40. The van der Waals surface area contributed by atoms with Gasteiger partial charge in [-0.3, -0.25) is 4.57 Å². The van der Waals surface area contributed by atoms with E-state index in [9.17, 15) is 4.79 Å². The zero-order chi connectivity index (χ0) is 25.0. The molecular formula is C26H37N3O5. The molecule has 0 fully saturated rings. The first-order valence-electron chi connectivity index (χ1n) is 11.9. The second-order valence-corrected chi connectivity index (χ2v) is 9.60. The summed E-state index contributed by atoms with van der Waals surface area (Å²) in [5, 5.41) is 0.889. The predicted molar refractivity (Wildman–Crippen MR) is 134 cm³/mol. The van der Waals surface area contributed by atoms with Crippen molar-refractivity contribution in [3.8, 4) is 5.75 Å². The van der Waals surface area contributed by atoms with Crippen molar-refractivity contribution in [1.29, 1.82) is 0 Å². The van der Waals surface area contributed by atoms with E-state index < -0.39 is 11.7 Å². The van der Waals surface area contributed by atoms with E-state index in [-0.39, 0.29) is 18.0 Å². The number of rotatable bonds is 6. The third kappa shape index (κ3) is 5.72. The van der Waals surface area contributed by atoms with Gasteiger partial charge in [-0.1, -0.05) is 13.8 Å². The second-order valence-electron chi connectivity index (χ2n) is 9.60. The molecule has 0 saturated carbocycles. The monoisotopic (exact) mass is 471 g/mol. The highest BCUT2D eigenvalue weighted by Crippen LogP contribution is 2.30. The number of hydrogen-bond donors (Lipinski definition) is 0. The first kappa shape index (κ1) is 25.6. The molecule has 0 amide bonds. The summed E-state index contributed by atoms with van der Waals surface area (Å²) in [5.74, 6) is 2.14. The fraction of sp³-hybridized carbons (Fsp3) is 0.577. The number of nitrogens with zero attached hydrogens (tertiary/aromatic N) is 3. The normalized spacial score (nSPS) is 18.5. The zero-order valence-electron chi connectivity index (χ0n) is 21.5. The Hall–Kier alpha value is -3.03. The Morgan fingerprint density at radius 2 is 1.76 bits per heavy atom. The minimum absolute atomic E-state index is 0.180. The maximum atomic E-state index is 13.0. The number of fused-ring (bicyclic) bond motifs is 1. The Labute approximate surface area is 202 Å². The van der Waals surface area contributed by atoms with Crippen LogP contribution in [0.3, 0.4) is 0 Å². The summed E-state index contributed by atoms with van der Waals surface area (Å²) in [5.41, 5.74) is 1.05. The van der Waals surface area contributed by atoms with Crippen molar-refractivity contribution in [2.45, 2.75) is 72.6 Å². The van der Waals surface area contributed by atoms with E-state index in [0.29, 0.717) is 37.2 Å². The van der Waals surface area contributed by atoms with E-state index in [0.717, 1.165) is 16.5 Å². The fourth-order valence-corrected chi connectivity index (χ4v) is 3.92. The number of carbonyl (C=O) groups is 1. The van der Waals surface area contributed by atoms with Crippen molar-refractivity contribution < 1.29 is 23.7 Å². The van der Waals surface area contributed by atoms with Crippen molar-refractivity contribution in [2.75, 3.05) is 20.3 Å². The SMILES string of the molecule is CCOC1=N[C@H](Cc2cn(C(=O)OC(C)(C)C)c3ccc(OC)cc23)C(OCC)=N[C@H]1C(C)C. The van der Waals surface area contributed by atoms with E-state index in [4.69, 9.17) is 28.9 Å². The first-order chi connectivity index (χ1) is 16.1. The van der Waals surface area contributed by atoms with Crippen molar-refractivity contribution in [3.63, 3.8) is 0 Å². The van der Waals surface area contributed by atoms with Gasteiger partial charge < -0.3 is 18.9 Å². The van der Waals surface area contributed by atoms with Gasteiger partial charge in [-0.2, -0.15) is 0 Å². The van der Waals surface area contributed by atoms with Crippen LogP contribution in [0.15, 0.2) is 34.4 Å². The molecule has 0 N–H and O–H groups in total. The molecule has 1 aromatic carbocycles. The van der Waals surface area contributed by atoms with Crippen LogP contribution in [0.5, 0.6) is 5.75 Å². The highest BCUT2D eigenvalue weighted by molar-refractivity contribution is 5.96. The lowest BCUT2D eigenvalue weighted by atomic mass is 10.00. The number of hydrogen-bond acceptors (Lipinski definition) is 7. The Morgan fingerprint density at radius 3 is 2.35 bits per heavy atom. The van der Waals surface area contributed by atoms with Crippen LogP contribution in [-0.4, -0.2) is 60.5 Å². The molecule has 1 aliphatic heterocycles. The lowest BCUT2D eigenvalue weighted by molar-refractivity contribution is 0.0544. The van der Waals surface area contributed by atoms with Crippen LogP contribution in [0.1, 0.15) is 54.0 Å². The van der Waals surface area contributed by atoms with Gasteiger partial charge in [-0.15, -0.1) is 0 Å². The standard InChI is InChI=1S/C26H37N3O5/c1-9-32-23-20(27-24(33-10-2)22(28-23)16(3)4)13-17-15-29(25(30)34-26(5,6)7)21-12-11-18(31-8)14-19(17)21/h11-12,14-16,20,22H,9-10,13H2,1-8H3/t20-,22+/m1/s1. The summed E-state index contributed by atoms with van der Waals surface area (Å²) < 4.78 is 24.4. The van der Waals surface area contributed by atoms with Crippen molar-refractivity contribution >= 4 is 28.8 Å². The molecule has 8 heteroatoms. The topological polar surface area (TPSA) is 83.6 Å². The van der Waals surface area contributed by atoms with Gasteiger partial charge in [-0.25, -0.2) is 14.8 Å². The molecule has 0 aliphatic carbocycles. The molecule has 1 aromatic heterocycles. The van der Waals surface area contributed by atoms with E-state index in [2.05, 4.69) is 13.8 Å². The smallest absolute Gasteiger partial charge is 0.419 e. The predicted octanol–water partition coefficient (Wildman–Crippen LogP) is 5.25. The number of ether oxygens (including phenoxy) is 4. The number of methoxy groups -OCH3 is 1. The Morgan fingerprint density at radius 1 is 1.09 bits per heavy atom. The summed E-state index contributed by atoms with van der Waals surface area (Å²) >= 11 is 0. The molecule has 2 atom stereocenters. The third-order valence-corrected chi connectivity index (χ3v) is 5.40. The van der Waals surface area contributed by atoms with Gasteiger partial charge in [0.05, 0.1) is 25.8 Å². The summed E-state index contributed by atoms with van der Waals surface area (Å²) in [6.07, 6.45) is 1.86. The number of benzene rings is 1. The van der Waals surface area contributed by atoms with Gasteiger partial charge in [0.2, 0.25) is 11.8 Å². The van der Waals surface area contributed by atoms with Gasteiger partial charge in [0.1, 0.15) is 23.4 Å². The van der Waals surface area contributed by atoms with E-state index in [1.165, 1.54) is 0 Å². The fourth-order valence-electron chi connectivity index (χ4n) is 3.92. The summed E-state index contributed by atoms with van der Waals surface area (Å²) in [4.78, 5) is 22.8. The van der Waals surface area contributed by atoms with Crippen molar-refractivity contribution in [3.05, 3.63) is 30.0 Å². The lowest BCUT2D eigenvalue weighted by Gasteiger charge is -2.28. The van der Waals surface area contributed by atoms with Crippen LogP contribution in [-0.2, 0) is 20.6 Å². The van der Waals surface area contributed by atoms with Crippen LogP contribution in [0.25, 0.3) is 10.9 Å². The van der Waals surface area contributed by atoms with Gasteiger partial charge in [-0.05, 0) is 64.3 Å².